The van der Waals surface area contributed by atoms with Crippen LogP contribution in [0.4, 0.5) is 0 Å². The minimum Gasteiger partial charge on any atom is -0.508 e. The zero-order chi connectivity index (χ0) is 10.7. The van der Waals surface area contributed by atoms with Crippen molar-refractivity contribution in [3.63, 3.8) is 0 Å². The second kappa shape index (κ2) is 4.70. The molecule has 2 rings (SSSR count). The molecule has 0 atom stereocenters. The SMILES string of the molecule is Oc1ccc(C=Cc2cc(=S)ss2)cc1. The van der Waals surface area contributed by atoms with Gasteiger partial charge in [-0.05, 0) is 29.8 Å². The molecule has 4 heteroatoms. The van der Waals surface area contributed by atoms with Crippen LogP contribution in [0.15, 0.2) is 30.3 Å². The lowest BCUT2D eigenvalue weighted by molar-refractivity contribution is 0.475. The summed E-state index contributed by atoms with van der Waals surface area (Å²) in [5.74, 6) is 0.290. The molecule has 0 aliphatic rings. The van der Waals surface area contributed by atoms with Crippen LogP contribution < -0.4 is 0 Å². The number of hydrogen-bond acceptors (Lipinski definition) is 4. The molecule has 0 aliphatic heterocycles. The first-order valence-corrected chi connectivity index (χ1v) is 6.87. The third-order valence-corrected chi connectivity index (χ3v) is 4.68. The average molecular weight is 252 g/mol. The summed E-state index contributed by atoms with van der Waals surface area (Å²) in [6.07, 6.45) is 4.04. The highest BCUT2D eigenvalue weighted by molar-refractivity contribution is 7.79. The zero-order valence-electron chi connectivity index (χ0n) is 7.71. The van der Waals surface area contributed by atoms with E-state index in [9.17, 15) is 0 Å². The molecule has 0 fully saturated rings. The maximum absolute atomic E-state index is 9.11. The number of hydrogen-bond donors (Lipinski definition) is 1. The van der Waals surface area contributed by atoms with Crippen molar-refractivity contribution in [2.24, 2.45) is 0 Å². The van der Waals surface area contributed by atoms with E-state index in [0.717, 1.165) is 14.3 Å². The monoisotopic (exact) mass is 252 g/mol. The molecular formula is C11H8OS3. The Morgan fingerprint density at radius 1 is 1.07 bits per heavy atom. The Kier molecular flexibility index (Phi) is 3.30. The first kappa shape index (κ1) is 10.5. The fourth-order valence-electron chi connectivity index (χ4n) is 1.09. The number of rotatable bonds is 2. The van der Waals surface area contributed by atoms with Gasteiger partial charge in [-0.1, -0.05) is 51.1 Å². The largest absolute Gasteiger partial charge is 0.508 e. The lowest BCUT2D eigenvalue weighted by Crippen LogP contribution is -1.69. The molecule has 1 N–H and O–H groups in total. The van der Waals surface area contributed by atoms with Crippen molar-refractivity contribution in [1.29, 1.82) is 0 Å². The van der Waals surface area contributed by atoms with Gasteiger partial charge in [-0.2, -0.15) is 0 Å². The Balaban J connectivity index is 2.18. The van der Waals surface area contributed by atoms with E-state index in [-0.39, 0.29) is 0 Å². The van der Waals surface area contributed by atoms with E-state index in [2.05, 4.69) is 0 Å². The van der Waals surface area contributed by atoms with Gasteiger partial charge in [0, 0.05) is 4.88 Å². The molecule has 1 heterocycles. The van der Waals surface area contributed by atoms with Gasteiger partial charge >= 0.3 is 0 Å². The first-order valence-electron chi connectivity index (χ1n) is 4.31. The van der Waals surface area contributed by atoms with Gasteiger partial charge in [-0.25, -0.2) is 0 Å². The fourth-order valence-corrected chi connectivity index (χ4v) is 3.31. The second-order valence-corrected chi connectivity index (χ2v) is 5.90. The van der Waals surface area contributed by atoms with E-state index in [0.29, 0.717) is 5.75 Å². The van der Waals surface area contributed by atoms with Crippen LogP contribution in [-0.2, 0) is 0 Å². The molecule has 0 aliphatic carbocycles. The third-order valence-electron chi connectivity index (χ3n) is 1.81. The highest BCUT2D eigenvalue weighted by atomic mass is 32.9. The minimum atomic E-state index is 0.290. The topological polar surface area (TPSA) is 20.2 Å². The van der Waals surface area contributed by atoms with E-state index in [1.54, 1.807) is 32.8 Å². The highest BCUT2D eigenvalue weighted by Crippen LogP contribution is 2.20. The molecule has 0 amide bonds. The van der Waals surface area contributed by atoms with Crippen molar-refractivity contribution < 1.29 is 5.11 Å². The van der Waals surface area contributed by atoms with E-state index < -0.39 is 0 Å². The molecule has 1 aromatic heterocycles. The molecule has 0 radical (unpaired) electrons. The summed E-state index contributed by atoms with van der Waals surface area (Å²) in [5.41, 5.74) is 1.07. The van der Waals surface area contributed by atoms with Crippen LogP contribution in [0, 0.1) is 3.82 Å². The molecule has 1 nitrogen and oxygen atoms in total. The van der Waals surface area contributed by atoms with Crippen LogP contribution in [0.1, 0.15) is 10.4 Å². The van der Waals surface area contributed by atoms with Crippen molar-refractivity contribution in [2.45, 2.75) is 0 Å². The Morgan fingerprint density at radius 2 is 1.80 bits per heavy atom. The van der Waals surface area contributed by atoms with Gasteiger partial charge in [0.1, 0.15) is 9.57 Å². The maximum Gasteiger partial charge on any atom is 0.115 e. The second-order valence-electron chi connectivity index (χ2n) is 2.96. The van der Waals surface area contributed by atoms with E-state index >= 15 is 0 Å². The molecule has 0 saturated heterocycles. The Labute approximate surface area is 100 Å². The summed E-state index contributed by atoms with van der Waals surface area (Å²) in [5, 5.41) is 9.11. The zero-order valence-corrected chi connectivity index (χ0v) is 10.2. The summed E-state index contributed by atoms with van der Waals surface area (Å²) >= 11 is 5.04. The van der Waals surface area contributed by atoms with Crippen molar-refractivity contribution in [3.8, 4) is 5.75 Å². The standard InChI is InChI=1S/C11H8OS3/c12-9-4-1-8(2-5-9)3-6-10-7-11(13)15-14-10/h1-7,12H. The van der Waals surface area contributed by atoms with Crippen molar-refractivity contribution in [2.75, 3.05) is 0 Å². The number of benzene rings is 1. The van der Waals surface area contributed by atoms with Crippen molar-refractivity contribution in [1.82, 2.24) is 0 Å². The molecular weight excluding hydrogens is 244 g/mol. The van der Waals surface area contributed by atoms with Gasteiger partial charge in [0.05, 0.1) is 0 Å². The smallest absolute Gasteiger partial charge is 0.115 e. The van der Waals surface area contributed by atoms with E-state index in [1.807, 2.05) is 30.4 Å². The van der Waals surface area contributed by atoms with Gasteiger partial charge in [-0.3, -0.25) is 0 Å². The minimum absolute atomic E-state index is 0.290. The normalized spacial score (nSPS) is 10.9. The lowest BCUT2D eigenvalue weighted by Gasteiger charge is -1.92. The first-order chi connectivity index (χ1) is 7.24. The molecule has 1 aromatic carbocycles. The van der Waals surface area contributed by atoms with Crippen molar-refractivity contribution in [3.05, 3.63) is 44.6 Å². The highest BCUT2D eigenvalue weighted by Gasteiger charge is 1.91. The van der Waals surface area contributed by atoms with Crippen LogP contribution in [-0.4, -0.2) is 5.11 Å². The average Bonchev–Trinajstić information content (AvgIpc) is 2.64. The predicted octanol–water partition coefficient (Wildman–Crippen LogP) is 4.42. The summed E-state index contributed by atoms with van der Waals surface area (Å²) in [6, 6.07) is 9.08. The Hall–Kier alpha value is -0.970. The van der Waals surface area contributed by atoms with Crippen LogP contribution in [0.25, 0.3) is 12.2 Å². The van der Waals surface area contributed by atoms with Gasteiger partial charge in [0.2, 0.25) is 0 Å². The molecule has 0 unspecified atom stereocenters. The Morgan fingerprint density at radius 3 is 2.40 bits per heavy atom. The fraction of sp³-hybridized carbons (Fsp3) is 0. The number of phenolic OH excluding ortho intramolecular Hbond substituents is 1. The molecule has 0 bridgehead atoms. The quantitative estimate of drug-likeness (QED) is 0.631. The van der Waals surface area contributed by atoms with Crippen LogP contribution in [0.5, 0.6) is 5.75 Å². The summed E-state index contributed by atoms with van der Waals surface area (Å²) in [6.45, 7) is 0. The molecule has 76 valence electrons. The van der Waals surface area contributed by atoms with Gasteiger partial charge < -0.3 is 5.11 Å². The number of aromatic hydroxyl groups is 1. The molecule has 15 heavy (non-hydrogen) atoms. The van der Waals surface area contributed by atoms with Gasteiger partial charge in [0.15, 0.2) is 0 Å². The summed E-state index contributed by atoms with van der Waals surface area (Å²) in [7, 11) is 3.28. The summed E-state index contributed by atoms with van der Waals surface area (Å²) in [4.78, 5) is 1.16. The van der Waals surface area contributed by atoms with Crippen molar-refractivity contribution >= 4 is 45.1 Å². The summed E-state index contributed by atoms with van der Waals surface area (Å²) < 4.78 is 0.922. The number of phenols is 1. The lowest BCUT2D eigenvalue weighted by atomic mass is 10.2. The predicted molar refractivity (Wildman–Crippen MR) is 70.1 cm³/mol. The third kappa shape index (κ3) is 2.99. The van der Waals surface area contributed by atoms with Crippen LogP contribution >= 0.6 is 32.9 Å². The van der Waals surface area contributed by atoms with Gasteiger partial charge in [0.25, 0.3) is 0 Å². The van der Waals surface area contributed by atoms with Crippen LogP contribution in [0.3, 0.4) is 0 Å². The maximum atomic E-state index is 9.11. The van der Waals surface area contributed by atoms with Gasteiger partial charge in [-0.15, -0.1) is 0 Å². The molecule has 0 saturated carbocycles. The van der Waals surface area contributed by atoms with E-state index in [4.69, 9.17) is 17.3 Å². The Bertz CT molecular complexity index is 519. The molecule has 0 spiro atoms. The van der Waals surface area contributed by atoms with Crippen LogP contribution in [0.2, 0.25) is 0 Å². The molecule has 2 aromatic rings. The van der Waals surface area contributed by atoms with E-state index in [1.165, 1.54) is 0 Å².